The third-order valence-electron chi connectivity index (χ3n) is 4.24. The van der Waals surface area contributed by atoms with Crippen molar-refractivity contribution in [2.45, 2.75) is 39.5 Å². The van der Waals surface area contributed by atoms with Gasteiger partial charge in [0.1, 0.15) is 0 Å². The molecule has 0 saturated heterocycles. The van der Waals surface area contributed by atoms with E-state index in [4.69, 9.17) is 0 Å². The van der Waals surface area contributed by atoms with E-state index in [1.54, 1.807) is 0 Å². The third kappa shape index (κ3) is 1.41. The number of rotatable bonds is 2. The maximum Gasteiger partial charge on any atom is 0.0533 e. The highest BCUT2D eigenvalue weighted by atomic mass is 16.3. The Bertz CT molecular complexity index is 392. The number of hydrogen-bond acceptors (Lipinski definition) is 1. The maximum absolute atomic E-state index is 9.61. The molecule has 15 heavy (non-hydrogen) atoms. The van der Waals surface area contributed by atoms with Gasteiger partial charge in [-0.3, -0.25) is 0 Å². The number of aryl methyl sites for hydroxylation is 2. The second-order valence-electron chi connectivity index (χ2n) is 5.60. The smallest absolute Gasteiger partial charge is 0.0533 e. The second kappa shape index (κ2) is 3.08. The quantitative estimate of drug-likeness (QED) is 0.785. The standard InChI is InChI=1S/C14H20O/c1-10-5-6-12(7-11(10)2)14(9-15)8-13(14,3)4/h5-7,15H,8-9H2,1-4H3. The van der Waals surface area contributed by atoms with Gasteiger partial charge in [-0.25, -0.2) is 0 Å². The van der Waals surface area contributed by atoms with Crippen molar-refractivity contribution in [3.8, 4) is 0 Å². The van der Waals surface area contributed by atoms with Crippen molar-refractivity contribution in [2.75, 3.05) is 6.61 Å². The molecule has 1 N–H and O–H groups in total. The van der Waals surface area contributed by atoms with Gasteiger partial charge in [0.05, 0.1) is 6.61 Å². The Morgan fingerprint density at radius 2 is 1.80 bits per heavy atom. The van der Waals surface area contributed by atoms with Crippen molar-refractivity contribution in [3.05, 3.63) is 34.9 Å². The Morgan fingerprint density at radius 3 is 2.20 bits per heavy atom. The van der Waals surface area contributed by atoms with E-state index in [1.807, 2.05) is 0 Å². The zero-order chi connectivity index (χ0) is 11.3. The molecule has 0 bridgehead atoms. The third-order valence-corrected chi connectivity index (χ3v) is 4.24. The molecule has 0 heterocycles. The van der Waals surface area contributed by atoms with Gasteiger partial charge in [0.25, 0.3) is 0 Å². The topological polar surface area (TPSA) is 20.2 Å². The van der Waals surface area contributed by atoms with Gasteiger partial charge in [-0.15, -0.1) is 0 Å². The molecule has 0 amide bonds. The minimum absolute atomic E-state index is 0.0193. The van der Waals surface area contributed by atoms with E-state index in [-0.39, 0.29) is 17.4 Å². The molecule has 1 aliphatic carbocycles. The van der Waals surface area contributed by atoms with Crippen molar-refractivity contribution >= 4 is 0 Å². The van der Waals surface area contributed by atoms with Crippen LogP contribution in [0.3, 0.4) is 0 Å². The summed E-state index contributed by atoms with van der Waals surface area (Å²) in [7, 11) is 0. The lowest BCUT2D eigenvalue weighted by atomic mass is 9.87. The Hall–Kier alpha value is -0.820. The monoisotopic (exact) mass is 204 g/mol. The molecule has 82 valence electrons. The summed E-state index contributed by atoms with van der Waals surface area (Å²) in [4.78, 5) is 0. The fourth-order valence-electron chi connectivity index (χ4n) is 2.60. The van der Waals surface area contributed by atoms with Gasteiger partial charge < -0.3 is 5.11 Å². The van der Waals surface area contributed by atoms with Crippen LogP contribution < -0.4 is 0 Å². The molecular formula is C14H20O. The Labute approximate surface area is 92.1 Å². The molecule has 1 fully saturated rings. The fourth-order valence-corrected chi connectivity index (χ4v) is 2.60. The first-order valence-corrected chi connectivity index (χ1v) is 5.61. The van der Waals surface area contributed by atoms with Crippen LogP contribution in [0, 0.1) is 19.3 Å². The van der Waals surface area contributed by atoms with Crippen LogP contribution in [-0.2, 0) is 5.41 Å². The first kappa shape index (κ1) is 10.7. The molecule has 2 rings (SSSR count). The predicted molar refractivity (Wildman–Crippen MR) is 63.1 cm³/mol. The van der Waals surface area contributed by atoms with Gasteiger partial charge in [0.2, 0.25) is 0 Å². The Kier molecular flexibility index (Phi) is 2.20. The van der Waals surface area contributed by atoms with Gasteiger partial charge in [-0.05, 0) is 42.4 Å². The van der Waals surface area contributed by atoms with Crippen LogP contribution in [0.25, 0.3) is 0 Å². The van der Waals surface area contributed by atoms with Gasteiger partial charge in [0.15, 0.2) is 0 Å². The van der Waals surface area contributed by atoms with Crippen LogP contribution in [0.5, 0.6) is 0 Å². The SMILES string of the molecule is Cc1ccc(C2(CO)CC2(C)C)cc1C. The fraction of sp³-hybridized carbons (Fsp3) is 0.571. The molecule has 1 heteroatoms. The first-order chi connectivity index (χ1) is 6.93. The molecule has 0 radical (unpaired) electrons. The van der Waals surface area contributed by atoms with Crippen LogP contribution in [0.4, 0.5) is 0 Å². The summed E-state index contributed by atoms with van der Waals surface area (Å²) in [5, 5.41) is 9.61. The van der Waals surface area contributed by atoms with Gasteiger partial charge in [-0.2, -0.15) is 0 Å². The Morgan fingerprint density at radius 1 is 1.20 bits per heavy atom. The molecule has 0 spiro atoms. The number of aliphatic hydroxyl groups excluding tert-OH is 1. The molecule has 1 atom stereocenters. The highest BCUT2D eigenvalue weighted by Gasteiger charge is 2.61. The highest BCUT2D eigenvalue weighted by molar-refractivity contribution is 5.41. The minimum atomic E-state index is 0.0193. The molecular weight excluding hydrogens is 184 g/mol. The maximum atomic E-state index is 9.61. The van der Waals surface area contributed by atoms with E-state index in [9.17, 15) is 5.11 Å². The van der Waals surface area contributed by atoms with Crippen molar-refractivity contribution in [2.24, 2.45) is 5.41 Å². The minimum Gasteiger partial charge on any atom is -0.395 e. The number of benzene rings is 1. The van der Waals surface area contributed by atoms with Crippen molar-refractivity contribution in [3.63, 3.8) is 0 Å². The van der Waals surface area contributed by atoms with Crippen LogP contribution >= 0.6 is 0 Å². The highest BCUT2D eigenvalue weighted by Crippen LogP contribution is 2.63. The summed E-state index contributed by atoms with van der Waals surface area (Å²) >= 11 is 0. The van der Waals surface area contributed by atoms with E-state index in [2.05, 4.69) is 45.9 Å². The van der Waals surface area contributed by atoms with Gasteiger partial charge in [0, 0.05) is 5.41 Å². The van der Waals surface area contributed by atoms with E-state index >= 15 is 0 Å². The average molecular weight is 204 g/mol. The predicted octanol–water partition coefficient (Wildman–Crippen LogP) is 2.96. The van der Waals surface area contributed by atoms with Crippen molar-refractivity contribution in [1.82, 2.24) is 0 Å². The van der Waals surface area contributed by atoms with Gasteiger partial charge in [-0.1, -0.05) is 32.0 Å². The van der Waals surface area contributed by atoms with E-state index in [1.165, 1.54) is 16.7 Å². The van der Waals surface area contributed by atoms with Crippen LogP contribution in [0.2, 0.25) is 0 Å². The summed E-state index contributed by atoms with van der Waals surface area (Å²) in [5.74, 6) is 0. The van der Waals surface area contributed by atoms with E-state index in [0.717, 1.165) is 6.42 Å². The van der Waals surface area contributed by atoms with E-state index in [0.29, 0.717) is 0 Å². The molecule has 1 nitrogen and oxygen atoms in total. The lowest BCUT2D eigenvalue weighted by Crippen LogP contribution is -2.19. The summed E-state index contributed by atoms with van der Waals surface area (Å²) in [6, 6.07) is 6.57. The zero-order valence-corrected chi connectivity index (χ0v) is 10.1. The van der Waals surface area contributed by atoms with Gasteiger partial charge >= 0.3 is 0 Å². The lowest BCUT2D eigenvalue weighted by molar-refractivity contribution is 0.231. The molecule has 1 unspecified atom stereocenters. The molecule has 0 aliphatic heterocycles. The zero-order valence-electron chi connectivity index (χ0n) is 10.1. The van der Waals surface area contributed by atoms with Crippen LogP contribution in [0.1, 0.15) is 37.0 Å². The average Bonchev–Trinajstić information content (AvgIpc) is 2.75. The van der Waals surface area contributed by atoms with Crippen LogP contribution in [0.15, 0.2) is 18.2 Å². The summed E-state index contributed by atoms with van der Waals surface area (Å²) in [6.45, 7) is 9.00. The van der Waals surface area contributed by atoms with Crippen molar-refractivity contribution < 1.29 is 5.11 Å². The van der Waals surface area contributed by atoms with Crippen LogP contribution in [-0.4, -0.2) is 11.7 Å². The number of hydrogen-bond donors (Lipinski definition) is 1. The molecule has 1 aromatic carbocycles. The van der Waals surface area contributed by atoms with E-state index < -0.39 is 0 Å². The summed E-state index contributed by atoms with van der Waals surface area (Å²) in [5.41, 5.74) is 4.22. The Balaban J connectivity index is 2.42. The second-order valence-corrected chi connectivity index (χ2v) is 5.60. The molecule has 1 aromatic rings. The molecule has 1 saturated carbocycles. The molecule has 0 aromatic heterocycles. The summed E-state index contributed by atoms with van der Waals surface area (Å²) in [6.07, 6.45) is 1.10. The van der Waals surface area contributed by atoms with Crippen molar-refractivity contribution in [1.29, 1.82) is 0 Å². The first-order valence-electron chi connectivity index (χ1n) is 5.61. The normalized spacial score (nSPS) is 27.8. The largest absolute Gasteiger partial charge is 0.395 e. The lowest BCUT2D eigenvalue weighted by Gasteiger charge is -2.19. The summed E-state index contributed by atoms with van der Waals surface area (Å²) < 4.78 is 0. The number of aliphatic hydroxyl groups is 1. The molecule has 1 aliphatic rings.